The Morgan fingerprint density at radius 1 is 1.45 bits per heavy atom. The van der Waals surface area contributed by atoms with Crippen LogP contribution in [0.3, 0.4) is 0 Å². The summed E-state index contributed by atoms with van der Waals surface area (Å²) >= 11 is 0. The monoisotopic (exact) mass is 275 g/mol. The van der Waals surface area contributed by atoms with Crippen LogP contribution < -0.4 is 10.6 Å². The first-order chi connectivity index (χ1) is 9.70. The van der Waals surface area contributed by atoms with Crippen molar-refractivity contribution in [2.45, 2.75) is 26.3 Å². The molecule has 0 aliphatic rings. The van der Waals surface area contributed by atoms with E-state index >= 15 is 0 Å². The van der Waals surface area contributed by atoms with Crippen molar-refractivity contribution in [2.24, 2.45) is 0 Å². The third-order valence-corrected chi connectivity index (χ3v) is 2.61. The Hall–Kier alpha value is -2.51. The van der Waals surface area contributed by atoms with Crippen molar-refractivity contribution in [3.8, 4) is 0 Å². The van der Waals surface area contributed by atoms with Crippen molar-refractivity contribution < 1.29 is 4.79 Å². The molecule has 20 heavy (non-hydrogen) atoms. The Morgan fingerprint density at radius 2 is 2.30 bits per heavy atom. The number of anilines is 1. The normalized spacial score (nSPS) is 11.9. The molecule has 0 spiro atoms. The molecular formula is C12H17N7O. The largest absolute Gasteiger partial charge is 0.369 e. The number of rotatable bonds is 6. The Balaban J connectivity index is 2.01. The summed E-state index contributed by atoms with van der Waals surface area (Å²) in [5.41, 5.74) is 0.262. The van der Waals surface area contributed by atoms with Gasteiger partial charge < -0.3 is 10.6 Å². The molecule has 0 fully saturated rings. The second-order valence-corrected chi connectivity index (χ2v) is 4.28. The molecule has 0 aromatic carbocycles. The lowest BCUT2D eigenvalue weighted by atomic mass is 10.3. The smallest absolute Gasteiger partial charge is 0.272 e. The van der Waals surface area contributed by atoms with Crippen molar-refractivity contribution in [3.63, 3.8) is 0 Å². The second kappa shape index (κ2) is 6.60. The topological polar surface area (TPSA) is 108 Å². The van der Waals surface area contributed by atoms with Crippen LogP contribution in [0.25, 0.3) is 0 Å². The molecule has 2 heterocycles. The lowest BCUT2D eigenvalue weighted by Crippen LogP contribution is -2.28. The van der Waals surface area contributed by atoms with Crippen LogP contribution in [-0.2, 0) is 0 Å². The summed E-state index contributed by atoms with van der Waals surface area (Å²) in [6.45, 7) is 4.65. The maximum Gasteiger partial charge on any atom is 0.272 e. The van der Waals surface area contributed by atoms with Gasteiger partial charge in [0.1, 0.15) is 23.7 Å². The molecule has 2 aromatic heterocycles. The number of carbonyl (C=O) groups excluding carboxylic acids is 1. The van der Waals surface area contributed by atoms with Crippen LogP contribution in [0.5, 0.6) is 0 Å². The van der Waals surface area contributed by atoms with E-state index < -0.39 is 0 Å². The summed E-state index contributed by atoms with van der Waals surface area (Å²) in [6, 6.07) is -0.279. The number of hydrogen-bond donors (Lipinski definition) is 3. The van der Waals surface area contributed by atoms with Crippen molar-refractivity contribution >= 4 is 11.7 Å². The van der Waals surface area contributed by atoms with E-state index in [-0.39, 0.29) is 17.6 Å². The van der Waals surface area contributed by atoms with E-state index in [0.29, 0.717) is 11.6 Å². The van der Waals surface area contributed by atoms with Gasteiger partial charge in [0.05, 0.1) is 18.4 Å². The molecule has 1 amide bonds. The van der Waals surface area contributed by atoms with Crippen molar-refractivity contribution in [2.75, 3.05) is 11.9 Å². The fraction of sp³-hybridized carbons (Fsp3) is 0.417. The minimum atomic E-state index is -0.304. The maximum atomic E-state index is 12.1. The fourth-order valence-corrected chi connectivity index (χ4v) is 1.58. The molecule has 8 heteroatoms. The average molecular weight is 275 g/mol. The van der Waals surface area contributed by atoms with Crippen molar-refractivity contribution in [1.82, 2.24) is 30.5 Å². The molecular weight excluding hydrogens is 258 g/mol. The molecule has 2 rings (SSSR count). The van der Waals surface area contributed by atoms with Gasteiger partial charge in [-0.15, -0.1) is 0 Å². The zero-order valence-electron chi connectivity index (χ0n) is 11.4. The van der Waals surface area contributed by atoms with Gasteiger partial charge in [-0.2, -0.15) is 5.10 Å². The van der Waals surface area contributed by atoms with Gasteiger partial charge in [0, 0.05) is 6.54 Å². The summed E-state index contributed by atoms with van der Waals surface area (Å²) in [5, 5.41) is 12.3. The van der Waals surface area contributed by atoms with Crippen LogP contribution in [0, 0.1) is 0 Å². The van der Waals surface area contributed by atoms with Crippen LogP contribution in [0.15, 0.2) is 18.7 Å². The lowest BCUT2D eigenvalue weighted by Gasteiger charge is -2.11. The summed E-state index contributed by atoms with van der Waals surface area (Å²) in [6.07, 6.45) is 5.39. The first-order valence-electron chi connectivity index (χ1n) is 6.42. The SMILES string of the molecule is CCCNc1cncc(C(=O)NC(C)c2ncn[nH]2)n1. The lowest BCUT2D eigenvalue weighted by molar-refractivity contribution is 0.0933. The van der Waals surface area contributed by atoms with Gasteiger partial charge in [0.15, 0.2) is 0 Å². The van der Waals surface area contributed by atoms with Crippen molar-refractivity contribution in [3.05, 3.63) is 30.2 Å². The molecule has 0 radical (unpaired) electrons. The van der Waals surface area contributed by atoms with Crippen LogP contribution in [-0.4, -0.2) is 37.6 Å². The van der Waals surface area contributed by atoms with E-state index in [0.717, 1.165) is 13.0 Å². The number of aromatic amines is 1. The zero-order valence-corrected chi connectivity index (χ0v) is 11.4. The summed E-state index contributed by atoms with van der Waals surface area (Å²) in [5.74, 6) is 0.875. The molecule has 0 saturated carbocycles. The summed E-state index contributed by atoms with van der Waals surface area (Å²) in [4.78, 5) is 24.3. The highest BCUT2D eigenvalue weighted by Crippen LogP contribution is 2.07. The first kappa shape index (κ1) is 13.9. The Kier molecular flexibility index (Phi) is 4.59. The number of nitrogens with zero attached hydrogens (tertiary/aromatic N) is 4. The van der Waals surface area contributed by atoms with E-state index in [9.17, 15) is 4.79 Å². The molecule has 0 aliphatic heterocycles. The molecule has 0 aliphatic carbocycles. The molecule has 8 nitrogen and oxygen atoms in total. The van der Waals surface area contributed by atoms with Gasteiger partial charge in [-0.3, -0.25) is 14.9 Å². The number of H-pyrrole nitrogens is 1. The molecule has 106 valence electrons. The second-order valence-electron chi connectivity index (χ2n) is 4.28. The average Bonchev–Trinajstić information content (AvgIpc) is 2.99. The summed E-state index contributed by atoms with van der Waals surface area (Å²) < 4.78 is 0. The third-order valence-electron chi connectivity index (χ3n) is 2.61. The third kappa shape index (κ3) is 3.50. The fourth-order valence-electron chi connectivity index (χ4n) is 1.58. The molecule has 0 bridgehead atoms. The molecule has 1 unspecified atom stereocenters. The van der Waals surface area contributed by atoms with Crippen LogP contribution in [0.2, 0.25) is 0 Å². The van der Waals surface area contributed by atoms with Gasteiger partial charge in [0.25, 0.3) is 5.91 Å². The highest BCUT2D eigenvalue weighted by molar-refractivity contribution is 5.92. The maximum absolute atomic E-state index is 12.1. The Morgan fingerprint density at radius 3 is 3.00 bits per heavy atom. The standard InChI is InChI=1S/C12H17N7O/c1-3-4-14-10-6-13-5-9(18-10)12(20)17-8(2)11-15-7-16-19-11/h5-8H,3-4H2,1-2H3,(H,14,18)(H,17,20)(H,15,16,19). The van der Waals surface area contributed by atoms with Gasteiger partial charge in [-0.25, -0.2) is 9.97 Å². The summed E-state index contributed by atoms with van der Waals surface area (Å²) in [7, 11) is 0. The highest BCUT2D eigenvalue weighted by atomic mass is 16.2. The molecule has 2 aromatic rings. The number of nitrogens with one attached hydrogen (secondary N) is 3. The van der Waals surface area contributed by atoms with Crippen molar-refractivity contribution in [1.29, 1.82) is 0 Å². The zero-order chi connectivity index (χ0) is 14.4. The van der Waals surface area contributed by atoms with Gasteiger partial charge in [-0.05, 0) is 13.3 Å². The Labute approximate surface area is 116 Å². The number of aromatic nitrogens is 5. The number of carbonyl (C=O) groups is 1. The molecule has 3 N–H and O–H groups in total. The van der Waals surface area contributed by atoms with E-state index in [1.54, 1.807) is 6.20 Å². The minimum Gasteiger partial charge on any atom is -0.369 e. The van der Waals surface area contributed by atoms with Crippen LogP contribution in [0.1, 0.15) is 42.6 Å². The predicted molar refractivity (Wildman–Crippen MR) is 73.1 cm³/mol. The minimum absolute atomic E-state index is 0.262. The number of amides is 1. The number of hydrogen-bond acceptors (Lipinski definition) is 6. The first-order valence-corrected chi connectivity index (χ1v) is 6.42. The van der Waals surface area contributed by atoms with E-state index in [1.165, 1.54) is 12.5 Å². The highest BCUT2D eigenvalue weighted by Gasteiger charge is 2.15. The van der Waals surface area contributed by atoms with E-state index in [2.05, 4.69) is 42.7 Å². The van der Waals surface area contributed by atoms with E-state index in [4.69, 9.17) is 0 Å². The van der Waals surface area contributed by atoms with Gasteiger partial charge >= 0.3 is 0 Å². The Bertz CT molecular complexity index is 555. The van der Waals surface area contributed by atoms with Crippen LogP contribution >= 0.6 is 0 Å². The molecule has 1 atom stereocenters. The molecule has 0 saturated heterocycles. The van der Waals surface area contributed by atoms with Gasteiger partial charge in [0.2, 0.25) is 0 Å². The predicted octanol–water partition coefficient (Wildman–Crippen LogP) is 0.908. The van der Waals surface area contributed by atoms with E-state index in [1.807, 2.05) is 6.92 Å². The quantitative estimate of drug-likeness (QED) is 0.723. The van der Waals surface area contributed by atoms with Crippen LogP contribution in [0.4, 0.5) is 5.82 Å². The van der Waals surface area contributed by atoms with Gasteiger partial charge in [-0.1, -0.05) is 6.92 Å².